The van der Waals surface area contributed by atoms with Crippen LogP contribution in [-0.2, 0) is 9.59 Å². The first kappa shape index (κ1) is 19.9. The Balaban J connectivity index is 5.26. The molecule has 0 radical (unpaired) electrons. The number of rotatable bonds is 7. The molecule has 0 unspecified atom stereocenters. The Morgan fingerprint density at radius 2 is 1.57 bits per heavy atom. The molecular weight excluding hydrogens is 264 g/mol. The van der Waals surface area contributed by atoms with Gasteiger partial charge >= 0.3 is 0 Å². The van der Waals surface area contributed by atoms with Crippen LogP contribution in [0.2, 0.25) is 0 Å². The fourth-order valence-electron chi connectivity index (χ4n) is 2.51. The van der Waals surface area contributed by atoms with Gasteiger partial charge in [0.2, 0.25) is 11.8 Å². The van der Waals surface area contributed by atoms with Crippen molar-refractivity contribution < 1.29 is 9.59 Å². The average molecular weight is 298 g/mol. The Bertz CT molecular complexity index is 351. The molecule has 0 heterocycles. The first-order chi connectivity index (χ1) is 9.37. The lowest BCUT2D eigenvalue weighted by Gasteiger charge is -2.32. The lowest BCUT2D eigenvalue weighted by molar-refractivity contribution is -0.135. The zero-order valence-electron chi connectivity index (χ0n) is 14.9. The van der Waals surface area contributed by atoms with Crippen molar-refractivity contribution in [2.45, 2.75) is 79.7 Å². The molecule has 0 aliphatic rings. The van der Waals surface area contributed by atoms with E-state index in [-0.39, 0.29) is 34.6 Å². The van der Waals surface area contributed by atoms with E-state index >= 15 is 0 Å². The summed E-state index contributed by atoms with van der Waals surface area (Å²) in [6.07, 6.45) is 3.25. The Morgan fingerprint density at radius 3 is 1.90 bits per heavy atom. The molecule has 0 fully saturated rings. The number of carbonyl (C=O) groups is 2. The molecule has 0 spiro atoms. The molecule has 0 saturated heterocycles. The molecule has 2 atom stereocenters. The van der Waals surface area contributed by atoms with Crippen molar-refractivity contribution in [3.05, 3.63) is 0 Å². The van der Waals surface area contributed by atoms with Gasteiger partial charge in [0.25, 0.3) is 0 Å². The van der Waals surface area contributed by atoms with Crippen molar-refractivity contribution >= 4 is 11.8 Å². The van der Waals surface area contributed by atoms with Gasteiger partial charge < -0.3 is 11.1 Å². The van der Waals surface area contributed by atoms with E-state index in [1.54, 1.807) is 0 Å². The predicted octanol–water partition coefficient (Wildman–Crippen LogP) is 3.25. The Morgan fingerprint density at radius 1 is 1.05 bits per heavy atom. The average Bonchev–Trinajstić information content (AvgIpc) is 2.23. The molecule has 124 valence electrons. The number of primary amides is 1. The van der Waals surface area contributed by atoms with Crippen LogP contribution < -0.4 is 11.1 Å². The second-order valence-electron chi connectivity index (χ2n) is 8.26. The van der Waals surface area contributed by atoms with Gasteiger partial charge in [0.1, 0.15) is 0 Å². The van der Waals surface area contributed by atoms with Crippen LogP contribution in [0.1, 0.15) is 74.1 Å². The third kappa shape index (κ3) is 8.74. The normalized spacial score (nSPS) is 15.4. The molecule has 0 rings (SSSR count). The summed E-state index contributed by atoms with van der Waals surface area (Å²) in [4.78, 5) is 24.5. The van der Waals surface area contributed by atoms with Gasteiger partial charge in [0.05, 0.1) is 0 Å². The Hall–Kier alpha value is -1.06. The van der Waals surface area contributed by atoms with Gasteiger partial charge in [-0.05, 0) is 39.0 Å². The minimum Gasteiger partial charge on any atom is -0.369 e. The molecule has 4 nitrogen and oxygen atoms in total. The highest BCUT2D eigenvalue weighted by molar-refractivity contribution is 5.87. The molecular formula is C17H34N2O2. The van der Waals surface area contributed by atoms with E-state index in [2.05, 4.69) is 33.0 Å². The minimum absolute atomic E-state index is 0.0280. The molecule has 0 aromatic heterocycles. The van der Waals surface area contributed by atoms with Gasteiger partial charge in [-0.2, -0.15) is 0 Å². The summed E-state index contributed by atoms with van der Waals surface area (Å²) in [6.45, 7) is 14.2. The molecule has 2 amide bonds. The van der Waals surface area contributed by atoms with Gasteiger partial charge in [0.15, 0.2) is 0 Å². The summed E-state index contributed by atoms with van der Waals surface area (Å²) in [5.74, 6) is -1.15. The predicted molar refractivity (Wildman–Crippen MR) is 87.7 cm³/mol. The monoisotopic (exact) mass is 298 g/mol. The Kier molecular flexibility index (Phi) is 7.41. The smallest absolute Gasteiger partial charge is 0.224 e. The highest BCUT2D eigenvalue weighted by Crippen LogP contribution is 2.32. The third-order valence-corrected chi connectivity index (χ3v) is 3.39. The number of nitrogens with two attached hydrogens (primary N) is 1. The van der Waals surface area contributed by atoms with Crippen LogP contribution in [0.3, 0.4) is 0 Å². The van der Waals surface area contributed by atoms with Crippen molar-refractivity contribution in [1.82, 2.24) is 5.32 Å². The van der Waals surface area contributed by atoms with E-state index in [9.17, 15) is 9.59 Å². The maximum absolute atomic E-state index is 12.6. The van der Waals surface area contributed by atoms with E-state index in [0.29, 0.717) is 12.8 Å². The fraction of sp³-hybridized carbons (Fsp3) is 0.882. The fourth-order valence-corrected chi connectivity index (χ4v) is 2.51. The van der Waals surface area contributed by atoms with Gasteiger partial charge in [-0.25, -0.2) is 0 Å². The number of carbonyl (C=O) groups excluding carboxylic acids is 2. The number of nitrogens with one attached hydrogen (secondary N) is 1. The highest BCUT2D eigenvalue weighted by Gasteiger charge is 2.36. The molecule has 0 aromatic carbocycles. The van der Waals surface area contributed by atoms with Crippen molar-refractivity contribution in [3.63, 3.8) is 0 Å². The largest absolute Gasteiger partial charge is 0.369 e. The van der Waals surface area contributed by atoms with Crippen LogP contribution in [0.15, 0.2) is 0 Å². The van der Waals surface area contributed by atoms with Gasteiger partial charge in [-0.1, -0.05) is 40.5 Å². The van der Waals surface area contributed by atoms with E-state index in [0.717, 1.165) is 12.8 Å². The zero-order chi connectivity index (χ0) is 16.8. The quantitative estimate of drug-likeness (QED) is 0.757. The maximum Gasteiger partial charge on any atom is 0.224 e. The number of hydrogen-bond acceptors (Lipinski definition) is 2. The van der Waals surface area contributed by atoms with Crippen molar-refractivity contribution in [3.8, 4) is 0 Å². The lowest BCUT2D eigenvalue weighted by atomic mass is 9.75. The molecule has 0 aliphatic heterocycles. The van der Waals surface area contributed by atoms with Crippen molar-refractivity contribution in [2.24, 2.45) is 23.0 Å². The molecule has 0 aromatic rings. The molecule has 4 heteroatoms. The van der Waals surface area contributed by atoms with Crippen molar-refractivity contribution in [2.75, 3.05) is 0 Å². The standard InChI is InChI=1S/C17H34N2O2/c1-8-9-10-12(14(18)20)13(11-16(2,3)4)15(21)19-17(5,6)7/h12-13H,8-11H2,1-7H3,(H2,18,20)(H,19,21)/t12-,13+/m0/s1. The summed E-state index contributed by atoms with van der Waals surface area (Å²) in [7, 11) is 0. The Labute approximate surface area is 130 Å². The van der Waals surface area contributed by atoms with Crippen LogP contribution in [0.4, 0.5) is 0 Å². The van der Waals surface area contributed by atoms with Crippen LogP contribution >= 0.6 is 0 Å². The summed E-state index contributed by atoms with van der Waals surface area (Å²) < 4.78 is 0. The topological polar surface area (TPSA) is 72.2 Å². The maximum atomic E-state index is 12.6. The van der Waals surface area contributed by atoms with E-state index in [1.165, 1.54) is 0 Å². The first-order valence-corrected chi connectivity index (χ1v) is 7.98. The number of amides is 2. The second-order valence-corrected chi connectivity index (χ2v) is 8.26. The summed E-state index contributed by atoms with van der Waals surface area (Å²) in [5, 5.41) is 3.01. The van der Waals surface area contributed by atoms with Crippen LogP contribution in [0.5, 0.6) is 0 Å². The zero-order valence-corrected chi connectivity index (χ0v) is 14.9. The molecule has 0 bridgehead atoms. The highest BCUT2D eigenvalue weighted by atomic mass is 16.2. The van der Waals surface area contributed by atoms with E-state index in [1.807, 2.05) is 20.8 Å². The second kappa shape index (κ2) is 7.81. The SMILES string of the molecule is CCCC[C@H](C(N)=O)[C@@H](CC(C)(C)C)C(=O)NC(C)(C)C. The number of hydrogen-bond donors (Lipinski definition) is 2. The first-order valence-electron chi connectivity index (χ1n) is 7.98. The molecule has 21 heavy (non-hydrogen) atoms. The summed E-state index contributed by atoms with van der Waals surface area (Å²) in [5.41, 5.74) is 5.25. The van der Waals surface area contributed by atoms with Gasteiger partial charge in [-0.15, -0.1) is 0 Å². The lowest BCUT2D eigenvalue weighted by Crippen LogP contribution is -2.48. The van der Waals surface area contributed by atoms with E-state index < -0.39 is 0 Å². The van der Waals surface area contributed by atoms with Gasteiger partial charge in [0, 0.05) is 17.4 Å². The molecule has 0 aliphatic carbocycles. The third-order valence-electron chi connectivity index (χ3n) is 3.39. The molecule has 0 saturated carbocycles. The minimum atomic E-state index is -0.383. The van der Waals surface area contributed by atoms with Crippen LogP contribution in [-0.4, -0.2) is 17.4 Å². The molecule has 3 N–H and O–H groups in total. The van der Waals surface area contributed by atoms with Crippen LogP contribution in [0, 0.1) is 17.3 Å². The number of unbranched alkanes of at least 4 members (excludes halogenated alkanes) is 1. The van der Waals surface area contributed by atoms with E-state index in [4.69, 9.17) is 5.73 Å². The summed E-state index contributed by atoms with van der Waals surface area (Å²) in [6, 6.07) is 0. The van der Waals surface area contributed by atoms with Crippen molar-refractivity contribution in [1.29, 1.82) is 0 Å². The summed E-state index contributed by atoms with van der Waals surface area (Å²) >= 11 is 0. The van der Waals surface area contributed by atoms with Crippen LogP contribution in [0.25, 0.3) is 0 Å². The van der Waals surface area contributed by atoms with Gasteiger partial charge in [-0.3, -0.25) is 9.59 Å².